The van der Waals surface area contributed by atoms with Gasteiger partial charge in [-0.15, -0.1) is 0 Å². The molecule has 2 aromatic heterocycles. The van der Waals surface area contributed by atoms with Gasteiger partial charge in [0, 0.05) is 23.5 Å². The zero-order valence-electron chi connectivity index (χ0n) is 9.25. The average molecular weight is 255 g/mol. The van der Waals surface area contributed by atoms with Gasteiger partial charge in [0.05, 0.1) is 5.69 Å². The van der Waals surface area contributed by atoms with Gasteiger partial charge in [-0.05, 0) is 19.1 Å². The Kier molecular flexibility index (Phi) is 2.90. The second-order valence-electron chi connectivity index (χ2n) is 3.66. The van der Waals surface area contributed by atoms with Crippen molar-refractivity contribution in [1.82, 2.24) is 15.0 Å². The Hall–Kier alpha value is -2.18. The molecule has 0 fully saturated rings. The predicted octanol–water partition coefficient (Wildman–Crippen LogP) is 2.16. The summed E-state index contributed by atoms with van der Waals surface area (Å²) in [5.74, 6) is -1.31. The maximum absolute atomic E-state index is 12.5. The molecule has 94 valence electrons. The topological polar surface area (TPSA) is 58.6 Å². The van der Waals surface area contributed by atoms with Gasteiger partial charge >= 0.3 is 6.18 Å². The molecule has 0 aliphatic heterocycles. The lowest BCUT2D eigenvalue weighted by Crippen LogP contribution is -2.18. The Morgan fingerprint density at radius 2 is 2.00 bits per heavy atom. The summed E-state index contributed by atoms with van der Waals surface area (Å²) < 4.78 is 37.5. The second kappa shape index (κ2) is 4.25. The normalized spacial score (nSPS) is 11.6. The minimum atomic E-state index is -4.68. The molecule has 2 heterocycles. The lowest BCUT2D eigenvalue weighted by molar-refractivity contribution is -0.145. The van der Waals surface area contributed by atoms with Crippen molar-refractivity contribution in [3.05, 3.63) is 46.3 Å². The van der Waals surface area contributed by atoms with Crippen molar-refractivity contribution in [3.8, 4) is 11.3 Å². The molecule has 1 N–H and O–H groups in total. The first-order valence-electron chi connectivity index (χ1n) is 4.98. The van der Waals surface area contributed by atoms with Gasteiger partial charge in [-0.3, -0.25) is 9.78 Å². The van der Waals surface area contributed by atoms with Crippen molar-refractivity contribution in [2.75, 3.05) is 0 Å². The zero-order chi connectivity index (χ0) is 13.3. The van der Waals surface area contributed by atoms with Crippen molar-refractivity contribution in [2.45, 2.75) is 13.1 Å². The van der Waals surface area contributed by atoms with Crippen LogP contribution in [-0.4, -0.2) is 15.0 Å². The van der Waals surface area contributed by atoms with Crippen LogP contribution in [0.1, 0.15) is 11.5 Å². The number of rotatable bonds is 1. The van der Waals surface area contributed by atoms with Crippen LogP contribution in [0.25, 0.3) is 11.3 Å². The van der Waals surface area contributed by atoms with Gasteiger partial charge in [-0.1, -0.05) is 0 Å². The number of halogens is 3. The van der Waals surface area contributed by atoms with Crippen molar-refractivity contribution >= 4 is 0 Å². The third kappa shape index (κ3) is 2.55. The number of nitrogens with one attached hydrogen (secondary N) is 1. The maximum atomic E-state index is 12.5. The fourth-order valence-electron chi connectivity index (χ4n) is 1.44. The summed E-state index contributed by atoms with van der Waals surface area (Å²) in [5.41, 5.74) is 0.167. The second-order valence-corrected chi connectivity index (χ2v) is 3.66. The van der Waals surface area contributed by atoms with E-state index in [4.69, 9.17) is 0 Å². The average Bonchev–Trinajstić information content (AvgIpc) is 2.27. The first kappa shape index (κ1) is 12.3. The van der Waals surface area contributed by atoms with Crippen LogP contribution in [0.3, 0.4) is 0 Å². The van der Waals surface area contributed by atoms with Gasteiger partial charge in [0.1, 0.15) is 0 Å². The monoisotopic (exact) mass is 255 g/mol. The molecule has 0 aliphatic rings. The molecular weight excluding hydrogens is 247 g/mol. The molecule has 18 heavy (non-hydrogen) atoms. The Balaban J connectivity index is 2.59. The molecule has 0 saturated heterocycles. The molecule has 0 unspecified atom stereocenters. The first-order chi connectivity index (χ1) is 8.36. The summed E-state index contributed by atoms with van der Waals surface area (Å²) in [7, 11) is 0. The molecule has 2 aromatic rings. The minimum Gasteiger partial charge on any atom is -0.303 e. The molecule has 0 atom stereocenters. The van der Waals surface area contributed by atoms with Crippen LogP contribution in [0.5, 0.6) is 0 Å². The number of hydrogen-bond donors (Lipinski definition) is 1. The molecule has 0 saturated carbocycles. The van der Waals surface area contributed by atoms with Crippen LogP contribution >= 0.6 is 0 Å². The van der Waals surface area contributed by atoms with E-state index in [1.165, 1.54) is 12.3 Å². The summed E-state index contributed by atoms with van der Waals surface area (Å²) in [6.45, 7) is 1.70. The van der Waals surface area contributed by atoms with E-state index in [1.807, 2.05) is 0 Å². The highest BCUT2D eigenvalue weighted by molar-refractivity contribution is 5.58. The molecule has 2 rings (SSSR count). The van der Waals surface area contributed by atoms with Gasteiger partial charge in [0.25, 0.3) is 5.56 Å². The molecule has 0 aromatic carbocycles. The van der Waals surface area contributed by atoms with Crippen molar-refractivity contribution in [3.63, 3.8) is 0 Å². The predicted molar refractivity (Wildman–Crippen MR) is 57.8 cm³/mol. The van der Waals surface area contributed by atoms with Crippen LogP contribution in [0, 0.1) is 6.92 Å². The Morgan fingerprint density at radius 1 is 1.28 bits per heavy atom. The van der Waals surface area contributed by atoms with Gasteiger partial charge in [0.15, 0.2) is 0 Å². The van der Waals surface area contributed by atoms with Crippen LogP contribution in [-0.2, 0) is 6.18 Å². The van der Waals surface area contributed by atoms with Crippen molar-refractivity contribution in [2.24, 2.45) is 0 Å². The minimum absolute atomic E-state index is 0.0309. The van der Waals surface area contributed by atoms with Gasteiger partial charge in [-0.25, -0.2) is 4.98 Å². The van der Waals surface area contributed by atoms with Crippen LogP contribution in [0.4, 0.5) is 13.2 Å². The van der Waals surface area contributed by atoms with Crippen LogP contribution in [0.15, 0.2) is 29.2 Å². The highest BCUT2D eigenvalue weighted by Crippen LogP contribution is 2.26. The van der Waals surface area contributed by atoms with Gasteiger partial charge in [0.2, 0.25) is 5.82 Å². The smallest absolute Gasteiger partial charge is 0.303 e. The van der Waals surface area contributed by atoms with E-state index >= 15 is 0 Å². The molecule has 0 bridgehead atoms. The SMILES string of the molecule is Cc1cc(-c2cc(=O)[nH]c(C(F)(F)F)n2)ccn1. The summed E-state index contributed by atoms with van der Waals surface area (Å²) in [5, 5.41) is 0. The molecule has 0 amide bonds. The molecular formula is C11H8F3N3O. The molecule has 7 heteroatoms. The summed E-state index contributed by atoms with van der Waals surface area (Å²) in [6.07, 6.45) is -3.24. The summed E-state index contributed by atoms with van der Waals surface area (Å²) in [4.78, 5) is 20.2. The highest BCUT2D eigenvalue weighted by Gasteiger charge is 2.34. The highest BCUT2D eigenvalue weighted by atomic mass is 19.4. The number of aromatic nitrogens is 3. The van der Waals surface area contributed by atoms with Crippen molar-refractivity contribution in [1.29, 1.82) is 0 Å². The van der Waals surface area contributed by atoms with E-state index in [0.29, 0.717) is 11.3 Å². The van der Waals surface area contributed by atoms with E-state index < -0.39 is 17.6 Å². The lowest BCUT2D eigenvalue weighted by Gasteiger charge is -2.07. The van der Waals surface area contributed by atoms with E-state index in [-0.39, 0.29) is 5.69 Å². The summed E-state index contributed by atoms with van der Waals surface area (Å²) in [6, 6.07) is 4.07. The van der Waals surface area contributed by atoms with E-state index in [2.05, 4.69) is 9.97 Å². The number of nitrogens with zero attached hydrogens (tertiary/aromatic N) is 2. The van der Waals surface area contributed by atoms with E-state index in [1.54, 1.807) is 18.0 Å². The number of hydrogen-bond acceptors (Lipinski definition) is 3. The Bertz CT molecular complexity index is 634. The Labute approximate surface area is 99.5 Å². The molecule has 4 nitrogen and oxygen atoms in total. The van der Waals surface area contributed by atoms with Crippen LogP contribution in [0.2, 0.25) is 0 Å². The number of alkyl halides is 3. The number of aromatic amines is 1. The maximum Gasteiger partial charge on any atom is 0.449 e. The fourth-order valence-corrected chi connectivity index (χ4v) is 1.44. The third-order valence-electron chi connectivity index (χ3n) is 2.20. The number of pyridine rings is 1. The summed E-state index contributed by atoms with van der Waals surface area (Å²) >= 11 is 0. The lowest BCUT2D eigenvalue weighted by atomic mass is 10.1. The number of H-pyrrole nitrogens is 1. The molecule has 0 radical (unpaired) electrons. The van der Waals surface area contributed by atoms with Crippen molar-refractivity contribution < 1.29 is 13.2 Å². The van der Waals surface area contributed by atoms with E-state index in [0.717, 1.165) is 6.07 Å². The largest absolute Gasteiger partial charge is 0.449 e. The third-order valence-corrected chi connectivity index (χ3v) is 2.20. The van der Waals surface area contributed by atoms with E-state index in [9.17, 15) is 18.0 Å². The Morgan fingerprint density at radius 3 is 2.61 bits per heavy atom. The fraction of sp³-hybridized carbons (Fsp3) is 0.182. The zero-order valence-corrected chi connectivity index (χ0v) is 9.25. The van der Waals surface area contributed by atoms with Gasteiger partial charge in [-0.2, -0.15) is 13.2 Å². The number of aryl methyl sites for hydroxylation is 1. The van der Waals surface area contributed by atoms with Crippen LogP contribution < -0.4 is 5.56 Å². The quantitative estimate of drug-likeness (QED) is 0.849. The first-order valence-corrected chi connectivity index (χ1v) is 4.98. The standard InChI is InChI=1S/C11H8F3N3O/c1-6-4-7(2-3-15-6)8-5-9(18)17-10(16-8)11(12,13)14/h2-5H,1H3,(H,16,17,18). The van der Waals surface area contributed by atoms with Gasteiger partial charge < -0.3 is 4.98 Å². The molecule has 0 spiro atoms. The molecule has 0 aliphatic carbocycles.